The highest BCUT2D eigenvalue weighted by atomic mass is 35.5. The van der Waals surface area contributed by atoms with E-state index in [1.54, 1.807) is 12.1 Å². The third-order valence-electron chi connectivity index (χ3n) is 4.28. The molecule has 0 unspecified atom stereocenters. The van der Waals surface area contributed by atoms with E-state index in [0.717, 1.165) is 4.88 Å². The molecule has 2 aromatic rings. The molecule has 1 aliphatic heterocycles. The summed E-state index contributed by atoms with van der Waals surface area (Å²) in [6.45, 7) is 5.96. The molecule has 0 radical (unpaired) electrons. The first kappa shape index (κ1) is 19.9. The number of amides is 2. The van der Waals surface area contributed by atoms with Crippen LogP contribution >= 0.6 is 22.9 Å². The van der Waals surface area contributed by atoms with Crippen LogP contribution in [0.4, 0.5) is 14.9 Å². The number of benzene rings is 1. The molecule has 5 nitrogen and oxygen atoms in total. The van der Waals surface area contributed by atoms with Gasteiger partial charge in [-0.3, -0.25) is 0 Å². The maximum Gasteiger partial charge on any atom is 0.315 e. The van der Waals surface area contributed by atoms with Gasteiger partial charge in [0.2, 0.25) is 0 Å². The topological polar surface area (TPSA) is 53.6 Å². The number of nitrogens with zero attached hydrogens (tertiary/aromatic N) is 1. The summed E-state index contributed by atoms with van der Waals surface area (Å²) >= 11 is 7.28. The molecule has 2 atom stereocenters. The van der Waals surface area contributed by atoms with Crippen LogP contribution < -0.4 is 15.5 Å². The van der Waals surface area contributed by atoms with Crippen LogP contribution in [0.1, 0.15) is 24.3 Å². The van der Waals surface area contributed by atoms with Gasteiger partial charge in [0, 0.05) is 24.5 Å². The Morgan fingerprint density at radius 3 is 2.56 bits per heavy atom. The molecule has 8 heteroatoms. The van der Waals surface area contributed by atoms with E-state index in [0.29, 0.717) is 35.2 Å². The Morgan fingerprint density at radius 2 is 1.93 bits per heavy atom. The predicted molar refractivity (Wildman–Crippen MR) is 107 cm³/mol. The molecule has 1 aliphatic rings. The molecular formula is C19H23ClFN3O2S. The van der Waals surface area contributed by atoms with Crippen LogP contribution in [0.2, 0.25) is 4.34 Å². The lowest BCUT2D eigenvalue weighted by Crippen LogP contribution is -2.45. The molecule has 0 bridgehead atoms. The molecule has 146 valence electrons. The Balaban J connectivity index is 1.52. The Bertz CT molecular complexity index is 791. The van der Waals surface area contributed by atoms with Crippen molar-refractivity contribution in [2.75, 3.05) is 18.0 Å². The van der Waals surface area contributed by atoms with Gasteiger partial charge in [-0.2, -0.15) is 0 Å². The number of carbonyl (C=O) groups excluding carboxylic acids is 1. The smallest absolute Gasteiger partial charge is 0.315 e. The maximum absolute atomic E-state index is 14.6. The molecule has 1 saturated heterocycles. The lowest BCUT2D eigenvalue weighted by Gasteiger charge is -2.37. The van der Waals surface area contributed by atoms with Gasteiger partial charge in [-0.1, -0.05) is 17.7 Å². The zero-order valence-electron chi connectivity index (χ0n) is 15.3. The highest BCUT2D eigenvalue weighted by Gasteiger charge is 2.24. The average molecular weight is 412 g/mol. The van der Waals surface area contributed by atoms with Crippen LogP contribution in [-0.4, -0.2) is 31.3 Å². The van der Waals surface area contributed by atoms with Gasteiger partial charge in [-0.05, 0) is 43.7 Å². The number of hydrogen-bond donors (Lipinski definition) is 2. The Hall–Kier alpha value is -1.83. The fraction of sp³-hybridized carbons (Fsp3) is 0.421. The van der Waals surface area contributed by atoms with E-state index >= 15 is 0 Å². The number of anilines is 1. The summed E-state index contributed by atoms with van der Waals surface area (Å²) in [6.07, 6.45) is 0.132. The van der Waals surface area contributed by atoms with E-state index in [1.807, 2.05) is 30.9 Å². The number of thiophene rings is 1. The summed E-state index contributed by atoms with van der Waals surface area (Å²) in [5.41, 5.74) is 1.28. The number of halogens is 2. The average Bonchev–Trinajstić information content (AvgIpc) is 3.02. The summed E-state index contributed by atoms with van der Waals surface area (Å²) in [4.78, 5) is 14.9. The van der Waals surface area contributed by atoms with E-state index < -0.39 is 0 Å². The zero-order valence-corrected chi connectivity index (χ0v) is 16.9. The van der Waals surface area contributed by atoms with Crippen molar-refractivity contribution in [1.29, 1.82) is 0 Å². The minimum Gasteiger partial charge on any atom is -0.372 e. The third kappa shape index (κ3) is 5.57. The highest BCUT2D eigenvalue weighted by Crippen LogP contribution is 2.24. The molecule has 27 heavy (non-hydrogen) atoms. The van der Waals surface area contributed by atoms with Gasteiger partial charge in [0.25, 0.3) is 0 Å². The quantitative estimate of drug-likeness (QED) is 0.777. The van der Waals surface area contributed by atoms with Gasteiger partial charge < -0.3 is 20.3 Å². The molecular weight excluding hydrogens is 389 g/mol. The van der Waals surface area contributed by atoms with Crippen LogP contribution in [0.5, 0.6) is 0 Å². The molecule has 2 N–H and O–H groups in total. The Morgan fingerprint density at radius 1 is 1.22 bits per heavy atom. The molecule has 0 saturated carbocycles. The number of ether oxygens (including phenoxy) is 1. The second-order valence-corrected chi connectivity index (χ2v) is 8.49. The van der Waals surface area contributed by atoms with Crippen molar-refractivity contribution in [3.05, 3.63) is 50.9 Å². The second kappa shape index (κ2) is 8.91. The summed E-state index contributed by atoms with van der Waals surface area (Å²) in [6, 6.07) is 8.43. The minimum atomic E-state index is -0.306. The molecule has 2 amide bonds. The molecule has 1 fully saturated rings. The number of carbonyl (C=O) groups is 1. The first-order valence-corrected chi connectivity index (χ1v) is 10.0. The largest absolute Gasteiger partial charge is 0.372 e. The summed E-state index contributed by atoms with van der Waals surface area (Å²) in [7, 11) is 0. The SMILES string of the molecule is C[C@@H]1CN(c2ccc(CNC(=O)NCc3ccc(Cl)s3)cc2F)C[C@@H](C)O1. The van der Waals surface area contributed by atoms with Crippen molar-refractivity contribution in [3.63, 3.8) is 0 Å². The van der Waals surface area contributed by atoms with E-state index in [2.05, 4.69) is 10.6 Å². The molecule has 1 aromatic heterocycles. The van der Waals surface area contributed by atoms with Gasteiger partial charge in [-0.25, -0.2) is 9.18 Å². The first-order chi connectivity index (χ1) is 12.9. The van der Waals surface area contributed by atoms with Crippen molar-refractivity contribution in [2.24, 2.45) is 0 Å². The van der Waals surface area contributed by atoms with Crippen molar-refractivity contribution in [3.8, 4) is 0 Å². The van der Waals surface area contributed by atoms with Crippen molar-refractivity contribution in [1.82, 2.24) is 10.6 Å². The number of hydrogen-bond acceptors (Lipinski definition) is 4. The number of nitrogens with one attached hydrogen (secondary N) is 2. The Labute approximate surface area is 167 Å². The molecule has 3 rings (SSSR count). The zero-order chi connectivity index (χ0) is 19.4. The highest BCUT2D eigenvalue weighted by molar-refractivity contribution is 7.16. The Kier molecular flexibility index (Phi) is 6.57. The molecule has 1 aromatic carbocycles. The fourth-order valence-corrected chi connectivity index (χ4v) is 4.18. The molecule has 0 aliphatic carbocycles. The second-order valence-electron chi connectivity index (χ2n) is 6.69. The third-order valence-corrected chi connectivity index (χ3v) is 5.51. The normalized spacial score (nSPS) is 19.8. The molecule has 0 spiro atoms. The molecule has 2 heterocycles. The van der Waals surface area contributed by atoms with Crippen LogP contribution in [-0.2, 0) is 17.8 Å². The van der Waals surface area contributed by atoms with Crippen LogP contribution in [0.25, 0.3) is 0 Å². The number of morpholine rings is 1. The lowest BCUT2D eigenvalue weighted by molar-refractivity contribution is -0.00539. The maximum atomic E-state index is 14.6. The van der Waals surface area contributed by atoms with E-state index in [4.69, 9.17) is 16.3 Å². The van der Waals surface area contributed by atoms with Crippen LogP contribution in [0.15, 0.2) is 30.3 Å². The van der Waals surface area contributed by atoms with Gasteiger partial charge in [0.1, 0.15) is 5.82 Å². The van der Waals surface area contributed by atoms with Gasteiger partial charge >= 0.3 is 6.03 Å². The minimum absolute atomic E-state index is 0.0661. The van der Waals surface area contributed by atoms with Gasteiger partial charge in [0.15, 0.2) is 0 Å². The van der Waals surface area contributed by atoms with E-state index in [9.17, 15) is 9.18 Å². The van der Waals surface area contributed by atoms with E-state index in [1.165, 1.54) is 17.4 Å². The number of rotatable bonds is 5. The predicted octanol–water partition coefficient (Wildman–Crippen LogP) is 4.15. The van der Waals surface area contributed by atoms with Crippen molar-refractivity contribution >= 4 is 34.7 Å². The fourth-order valence-electron chi connectivity index (χ4n) is 3.15. The standard InChI is InChI=1S/C19H23ClFN3O2S/c1-12-10-24(11-13(2)26-12)17-5-3-14(7-16(17)21)8-22-19(25)23-9-15-4-6-18(20)27-15/h3-7,12-13H,8-11H2,1-2H3,(H2,22,23,25)/t12-,13-/m1/s1. The van der Waals surface area contributed by atoms with Gasteiger partial charge in [-0.15, -0.1) is 11.3 Å². The van der Waals surface area contributed by atoms with Crippen molar-refractivity contribution < 1.29 is 13.9 Å². The summed E-state index contributed by atoms with van der Waals surface area (Å²) in [5.74, 6) is -0.288. The first-order valence-electron chi connectivity index (χ1n) is 8.85. The van der Waals surface area contributed by atoms with Crippen LogP contribution in [0.3, 0.4) is 0 Å². The van der Waals surface area contributed by atoms with Crippen LogP contribution in [0, 0.1) is 5.82 Å². The summed E-state index contributed by atoms with van der Waals surface area (Å²) in [5, 5.41) is 5.49. The monoisotopic (exact) mass is 411 g/mol. The van der Waals surface area contributed by atoms with Crippen molar-refractivity contribution in [2.45, 2.75) is 39.1 Å². The van der Waals surface area contributed by atoms with E-state index in [-0.39, 0.29) is 30.6 Å². The number of urea groups is 1. The van der Waals surface area contributed by atoms with Gasteiger partial charge in [0.05, 0.1) is 28.8 Å². The lowest BCUT2D eigenvalue weighted by atomic mass is 10.1. The summed E-state index contributed by atoms with van der Waals surface area (Å²) < 4.78 is 20.9.